The van der Waals surface area contributed by atoms with Gasteiger partial charge < -0.3 is 15.4 Å². The van der Waals surface area contributed by atoms with E-state index in [1.165, 1.54) is 23.2 Å². The Morgan fingerprint density at radius 2 is 1.87 bits per heavy atom. The van der Waals surface area contributed by atoms with Crippen molar-refractivity contribution in [2.75, 3.05) is 30.3 Å². The molecule has 3 aromatic rings. The van der Waals surface area contributed by atoms with E-state index in [4.69, 9.17) is 4.74 Å². The van der Waals surface area contributed by atoms with Crippen molar-refractivity contribution in [3.63, 3.8) is 0 Å². The maximum Gasteiger partial charge on any atom is 0.434 e. The van der Waals surface area contributed by atoms with E-state index in [1.54, 1.807) is 6.92 Å². The zero-order valence-corrected chi connectivity index (χ0v) is 20.8. The Kier molecular flexibility index (Phi) is 8.20. The zero-order valence-electron chi connectivity index (χ0n) is 20.0. The van der Waals surface area contributed by atoms with Crippen LogP contribution >= 0.6 is 11.5 Å². The summed E-state index contributed by atoms with van der Waals surface area (Å²) in [6, 6.07) is 2.81. The average Bonchev–Trinajstić information content (AvgIpc) is 3.39. The maximum atomic E-state index is 14.3. The summed E-state index contributed by atoms with van der Waals surface area (Å²) >= 11 is 0.895. The number of hydrogen-bond acceptors (Lipinski definition) is 9. The third-order valence-electron chi connectivity index (χ3n) is 5.53. The Morgan fingerprint density at radius 3 is 2.49 bits per heavy atom. The van der Waals surface area contributed by atoms with Gasteiger partial charge in [-0.15, -0.1) is 0 Å². The van der Waals surface area contributed by atoms with Crippen molar-refractivity contribution in [2.45, 2.75) is 38.0 Å². The van der Waals surface area contributed by atoms with Crippen LogP contribution < -0.4 is 15.4 Å². The van der Waals surface area contributed by atoms with E-state index in [9.17, 15) is 35.5 Å². The molecule has 1 aliphatic rings. The lowest BCUT2D eigenvalue weighted by Crippen LogP contribution is -2.29. The van der Waals surface area contributed by atoms with Crippen molar-refractivity contribution < 1.29 is 40.3 Å². The minimum absolute atomic E-state index is 0.0231. The molecule has 1 saturated heterocycles. The number of likely N-dealkylation sites (tertiary alicyclic amines) is 1. The molecule has 0 bridgehead atoms. The van der Waals surface area contributed by atoms with E-state index >= 15 is 0 Å². The lowest BCUT2D eigenvalue weighted by Gasteiger charge is -2.17. The number of alkyl halides is 7. The Hall–Kier alpha value is -3.60. The third-order valence-corrected chi connectivity index (χ3v) is 6.38. The molecule has 0 aromatic carbocycles. The SMILES string of the molecule is Cc1nsc(Nc2cnc(C(F)(F)F)cn2)c1C(=O)Nc1ccc(OC2CN(CCC(F)(F)F)CC2F)nc1. The van der Waals surface area contributed by atoms with Gasteiger partial charge in [-0.2, -0.15) is 30.7 Å². The third kappa shape index (κ3) is 7.50. The molecule has 39 heavy (non-hydrogen) atoms. The number of hydrogen-bond donors (Lipinski definition) is 2. The van der Waals surface area contributed by atoms with Gasteiger partial charge in [0.2, 0.25) is 5.88 Å². The quantitative estimate of drug-likeness (QED) is 0.359. The van der Waals surface area contributed by atoms with Crippen molar-refractivity contribution in [2.24, 2.45) is 0 Å². The Labute approximate surface area is 220 Å². The number of nitrogens with one attached hydrogen (secondary N) is 2. The highest BCUT2D eigenvalue weighted by Crippen LogP contribution is 2.30. The van der Waals surface area contributed by atoms with Gasteiger partial charge in [0, 0.05) is 25.7 Å². The minimum atomic E-state index is -4.64. The van der Waals surface area contributed by atoms with Crippen molar-refractivity contribution in [1.29, 1.82) is 0 Å². The molecule has 0 radical (unpaired) electrons. The summed E-state index contributed by atoms with van der Waals surface area (Å²) < 4.78 is 99.2. The normalized spacial score (nSPS) is 18.3. The van der Waals surface area contributed by atoms with Crippen LogP contribution in [0.15, 0.2) is 30.7 Å². The average molecular weight is 580 g/mol. The molecule has 17 heteroatoms. The lowest BCUT2D eigenvalue weighted by molar-refractivity contribution is -0.141. The molecular formula is C22H20F7N7O2S. The predicted molar refractivity (Wildman–Crippen MR) is 126 cm³/mol. The van der Waals surface area contributed by atoms with Crippen LogP contribution in [0.1, 0.15) is 28.2 Å². The van der Waals surface area contributed by atoms with Crippen LogP contribution in [0.3, 0.4) is 0 Å². The summed E-state index contributed by atoms with van der Waals surface area (Å²) in [4.78, 5) is 25.2. The van der Waals surface area contributed by atoms with Crippen molar-refractivity contribution in [3.05, 3.63) is 47.7 Å². The van der Waals surface area contributed by atoms with E-state index in [2.05, 4.69) is 30.0 Å². The number of amides is 1. The first-order valence-electron chi connectivity index (χ1n) is 11.3. The highest BCUT2D eigenvalue weighted by molar-refractivity contribution is 7.10. The van der Waals surface area contributed by atoms with E-state index in [0.29, 0.717) is 11.9 Å². The molecule has 3 aromatic heterocycles. The second kappa shape index (κ2) is 11.3. The molecule has 1 aliphatic heterocycles. The van der Waals surface area contributed by atoms with Gasteiger partial charge in [-0.3, -0.25) is 9.69 Å². The largest absolute Gasteiger partial charge is 0.470 e. The van der Waals surface area contributed by atoms with Crippen molar-refractivity contribution >= 4 is 33.9 Å². The van der Waals surface area contributed by atoms with Crippen molar-refractivity contribution in [3.8, 4) is 5.88 Å². The van der Waals surface area contributed by atoms with Gasteiger partial charge in [-0.1, -0.05) is 0 Å². The van der Waals surface area contributed by atoms with Crippen LogP contribution in [0.5, 0.6) is 5.88 Å². The number of carbonyl (C=O) groups is 1. The van der Waals surface area contributed by atoms with E-state index in [-0.39, 0.29) is 47.6 Å². The molecule has 0 saturated carbocycles. The van der Waals surface area contributed by atoms with E-state index in [1.807, 2.05) is 0 Å². The Balaban J connectivity index is 1.35. The number of carbonyl (C=O) groups excluding carboxylic acids is 1. The molecule has 1 amide bonds. The van der Waals surface area contributed by atoms with Crippen LogP contribution in [0.25, 0.3) is 0 Å². The highest BCUT2D eigenvalue weighted by Gasteiger charge is 2.37. The molecule has 2 unspecified atom stereocenters. The molecule has 2 atom stereocenters. The van der Waals surface area contributed by atoms with Gasteiger partial charge in [-0.05, 0) is 24.5 Å². The standard InChI is InChI=1S/C22H20F7N7O2S/c1-11-18(20(39-35-11)34-16-8-30-15(7-31-16)22(27,28)29)19(37)33-12-2-3-17(32-6-12)38-14-10-36(9-13(14)23)5-4-21(24,25)26/h2-3,6-8,13-14H,4-5,9-10H2,1H3,(H,31,34)(H,33,37). The topological polar surface area (TPSA) is 105 Å². The molecule has 0 spiro atoms. The Morgan fingerprint density at radius 1 is 1.10 bits per heavy atom. The second-order valence-electron chi connectivity index (χ2n) is 8.52. The van der Waals surface area contributed by atoms with E-state index in [0.717, 1.165) is 17.7 Å². The van der Waals surface area contributed by atoms with Gasteiger partial charge in [0.25, 0.3) is 5.91 Å². The van der Waals surface area contributed by atoms with Crippen molar-refractivity contribution in [1.82, 2.24) is 24.2 Å². The predicted octanol–water partition coefficient (Wildman–Crippen LogP) is 5.00. The molecule has 4 rings (SSSR count). The number of aryl methyl sites for hydroxylation is 1. The Bertz CT molecular complexity index is 1280. The number of nitrogens with zero attached hydrogens (tertiary/aromatic N) is 5. The van der Waals surface area contributed by atoms with Gasteiger partial charge in [0.1, 0.15) is 16.9 Å². The number of halogens is 7. The molecule has 0 aliphatic carbocycles. The molecule has 9 nitrogen and oxygen atoms in total. The summed E-state index contributed by atoms with van der Waals surface area (Å²) in [5.41, 5.74) is -0.460. The minimum Gasteiger partial charge on any atom is -0.470 e. The number of anilines is 3. The molecular weight excluding hydrogens is 559 g/mol. The molecule has 2 N–H and O–H groups in total. The van der Waals surface area contributed by atoms with Gasteiger partial charge in [0.05, 0.1) is 42.0 Å². The second-order valence-corrected chi connectivity index (χ2v) is 9.29. The summed E-state index contributed by atoms with van der Waals surface area (Å²) in [7, 11) is 0. The van der Waals surface area contributed by atoms with Crippen LogP contribution in [0.2, 0.25) is 0 Å². The fourth-order valence-electron chi connectivity index (χ4n) is 3.64. The van der Waals surface area contributed by atoms with E-state index < -0.39 is 42.7 Å². The van der Waals surface area contributed by atoms with Crippen LogP contribution in [0.4, 0.5) is 47.2 Å². The lowest BCUT2D eigenvalue weighted by atomic mass is 10.2. The first-order chi connectivity index (χ1) is 18.3. The number of aromatic nitrogens is 4. The maximum absolute atomic E-state index is 14.3. The van der Waals surface area contributed by atoms with Gasteiger partial charge in [-0.25, -0.2) is 19.3 Å². The smallest absolute Gasteiger partial charge is 0.434 e. The number of rotatable bonds is 8. The monoisotopic (exact) mass is 579 g/mol. The summed E-state index contributed by atoms with van der Waals surface area (Å²) in [6.45, 7) is 1.02. The first kappa shape index (κ1) is 28.4. The zero-order chi connectivity index (χ0) is 28.4. The fourth-order valence-corrected chi connectivity index (χ4v) is 4.44. The van der Waals surface area contributed by atoms with Crippen LogP contribution in [-0.4, -0.2) is 68.2 Å². The summed E-state index contributed by atoms with van der Waals surface area (Å²) in [6.07, 6.45) is -9.83. The van der Waals surface area contributed by atoms with Gasteiger partial charge >= 0.3 is 12.4 Å². The molecule has 210 valence electrons. The highest BCUT2D eigenvalue weighted by atomic mass is 32.1. The van der Waals surface area contributed by atoms with Gasteiger partial charge in [0.15, 0.2) is 11.9 Å². The summed E-state index contributed by atoms with van der Waals surface area (Å²) in [5, 5.41) is 5.55. The number of pyridine rings is 1. The summed E-state index contributed by atoms with van der Waals surface area (Å²) in [5.74, 6) is -0.604. The van der Waals surface area contributed by atoms with Crippen LogP contribution in [0, 0.1) is 6.92 Å². The number of ether oxygens (including phenoxy) is 1. The van der Waals surface area contributed by atoms with Crippen LogP contribution in [-0.2, 0) is 6.18 Å². The molecule has 4 heterocycles. The molecule has 1 fully saturated rings. The fraction of sp³-hybridized carbons (Fsp3) is 0.409. The first-order valence-corrected chi connectivity index (χ1v) is 12.1.